The molecular weight excluding hydrogens is 350 g/mol. The van der Waals surface area contributed by atoms with Gasteiger partial charge in [0, 0.05) is 48.9 Å². The van der Waals surface area contributed by atoms with Crippen LogP contribution in [0.1, 0.15) is 47.0 Å². The summed E-state index contributed by atoms with van der Waals surface area (Å²) in [6.07, 6.45) is 3.96. The molecule has 1 aromatic rings. The summed E-state index contributed by atoms with van der Waals surface area (Å²) in [6, 6.07) is 11.9. The Morgan fingerprint density at radius 1 is 0.889 bits per heavy atom. The summed E-state index contributed by atoms with van der Waals surface area (Å²) in [5.74, 6) is 1.99. The van der Waals surface area contributed by atoms with Crippen LogP contribution in [0, 0.1) is 5.92 Å². The Labute approximate surface area is 172 Å². The van der Waals surface area contributed by atoms with Crippen molar-refractivity contribution in [3.63, 3.8) is 0 Å². The standard InChI is InChI=1S/C23H41N3S/c1-20(2)9-8-13-25-15-17-26(18-16-25)14-12-22(24-21(3)4)19-27-23-10-6-5-7-11-23/h5-7,10-11,20-22,24H,8-9,12-19H2,1-4H3. The third kappa shape index (κ3) is 9.98. The van der Waals surface area contributed by atoms with Crippen molar-refractivity contribution < 1.29 is 0 Å². The minimum absolute atomic E-state index is 0.546. The lowest BCUT2D eigenvalue weighted by molar-refractivity contribution is 0.126. The maximum Gasteiger partial charge on any atom is 0.0176 e. The van der Waals surface area contributed by atoms with Gasteiger partial charge in [-0.2, -0.15) is 0 Å². The summed E-state index contributed by atoms with van der Waals surface area (Å²) < 4.78 is 0. The molecule has 0 aromatic heterocycles. The first kappa shape index (κ1) is 22.7. The molecule has 1 fully saturated rings. The van der Waals surface area contributed by atoms with E-state index in [9.17, 15) is 0 Å². The van der Waals surface area contributed by atoms with Crippen molar-refractivity contribution in [1.29, 1.82) is 0 Å². The van der Waals surface area contributed by atoms with E-state index in [0.29, 0.717) is 12.1 Å². The van der Waals surface area contributed by atoms with Crippen LogP contribution < -0.4 is 5.32 Å². The average Bonchev–Trinajstić information content (AvgIpc) is 2.65. The van der Waals surface area contributed by atoms with E-state index < -0.39 is 0 Å². The van der Waals surface area contributed by atoms with Gasteiger partial charge < -0.3 is 15.1 Å². The Hall–Kier alpha value is -0.550. The molecule has 1 aromatic carbocycles. The summed E-state index contributed by atoms with van der Waals surface area (Å²) in [7, 11) is 0. The molecule has 3 nitrogen and oxygen atoms in total. The predicted molar refractivity (Wildman–Crippen MR) is 121 cm³/mol. The summed E-state index contributed by atoms with van der Waals surface area (Å²) in [5.41, 5.74) is 0. The van der Waals surface area contributed by atoms with Crippen LogP contribution in [-0.4, -0.2) is 66.9 Å². The van der Waals surface area contributed by atoms with E-state index in [0.717, 1.165) is 11.7 Å². The Morgan fingerprint density at radius 3 is 2.11 bits per heavy atom. The molecule has 1 N–H and O–H groups in total. The molecule has 0 bridgehead atoms. The molecule has 1 heterocycles. The van der Waals surface area contributed by atoms with Gasteiger partial charge in [-0.3, -0.25) is 0 Å². The first-order chi connectivity index (χ1) is 13.0. The zero-order valence-corrected chi connectivity index (χ0v) is 18.8. The van der Waals surface area contributed by atoms with Crippen LogP contribution in [0.4, 0.5) is 0 Å². The maximum absolute atomic E-state index is 3.78. The van der Waals surface area contributed by atoms with Crippen LogP contribution in [0.25, 0.3) is 0 Å². The summed E-state index contributed by atoms with van der Waals surface area (Å²) >= 11 is 1.98. The van der Waals surface area contributed by atoms with Gasteiger partial charge in [0.2, 0.25) is 0 Å². The number of benzene rings is 1. The van der Waals surface area contributed by atoms with E-state index in [2.05, 4.69) is 73.1 Å². The monoisotopic (exact) mass is 391 g/mol. The van der Waals surface area contributed by atoms with Crippen LogP contribution >= 0.6 is 11.8 Å². The number of nitrogens with one attached hydrogen (secondary N) is 1. The van der Waals surface area contributed by atoms with Crippen molar-refractivity contribution in [2.75, 3.05) is 45.0 Å². The van der Waals surface area contributed by atoms with Gasteiger partial charge in [0.05, 0.1) is 0 Å². The highest BCUT2D eigenvalue weighted by Gasteiger charge is 2.18. The summed E-state index contributed by atoms with van der Waals surface area (Å²) in [4.78, 5) is 6.71. The fraction of sp³-hybridized carbons (Fsp3) is 0.739. The zero-order valence-electron chi connectivity index (χ0n) is 18.0. The summed E-state index contributed by atoms with van der Waals surface area (Å²) in [5, 5.41) is 3.78. The minimum atomic E-state index is 0.546. The Bertz CT molecular complexity index is 484. The van der Waals surface area contributed by atoms with Crippen molar-refractivity contribution >= 4 is 11.8 Å². The van der Waals surface area contributed by atoms with Crippen LogP contribution in [0.5, 0.6) is 0 Å². The van der Waals surface area contributed by atoms with E-state index in [1.54, 1.807) is 0 Å². The molecule has 4 heteroatoms. The quantitative estimate of drug-likeness (QED) is 0.525. The van der Waals surface area contributed by atoms with Gasteiger partial charge in [0.25, 0.3) is 0 Å². The molecule has 27 heavy (non-hydrogen) atoms. The zero-order chi connectivity index (χ0) is 19.5. The number of hydrogen-bond acceptors (Lipinski definition) is 4. The highest BCUT2D eigenvalue weighted by atomic mass is 32.2. The molecular formula is C23H41N3S. The second-order valence-corrected chi connectivity index (χ2v) is 9.74. The smallest absolute Gasteiger partial charge is 0.0176 e. The van der Waals surface area contributed by atoms with E-state index in [4.69, 9.17) is 0 Å². The molecule has 2 rings (SSSR count). The average molecular weight is 392 g/mol. The molecule has 154 valence electrons. The van der Waals surface area contributed by atoms with Crippen molar-refractivity contribution in [2.24, 2.45) is 5.92 Å². The lowest BCUT2D eigenvalue weighted by Gasteiger charge is -2.35. The number of rotatable bonds is 12. The highest BCUT2D eigenvalue weighted by molar-refractivity contribution is 7.99. The molecule has 1 unspecified atom stereocenters. The topological polar surface area (TPSA) is 18.5 Å². The lowest BCUT2D eigenvalue weighted by atomic mass is 10.1. The first-order valence-corrected chi connectivity index (χ1v) is 11.9. The number of hydrogen-bond donors (Lipinski definition) is 1. The summed E-state index contributed by atoms with van der Waals surface area (Å²) in [6.45, 7) is 16.7. The third-order valence-electron chi connectivity index (χ3n) is 5.28. The van der Waals surface area contributed by atoms with Gasteiger partial charge in [-0.15, -0.1) is 11.8 Å². The minimum Gasteiger partial charge on any atom is -0.311 e. The predicted octanol–water partition coefficient (Wildman–Crippen LogP) is 4.59. The fourth-order valence-corrected chi connectivity index (χ4v) is 4.70. The maximum atomic E-state index is 3.78. The van der Waals surface area contributed by atoms with Crippen molar-refractivity contribution in [3.05, 3.63) is 30.3 Å². The molecule has 0 spiro atoms. The van der Waals surface area contributed by atoms with Crippen LogP contribution in [0.15, 0.2) is 35.2 Å². The van der Waals surface area contributed by atoms with Gasteiger partial charge in [0.15, 0.2) is 0 Å². The molecule has 0 amide bonds. The molecule has 1 atom stereocenters. The second-order valence-electron chi connectivity index (χ2n) is 8.65. The lowest BCUT2D eigenvalue weighted by Crippen LogP contribution is -2.48. The normalized spacial score (nSPS) is 17.7. The van der Waals surface area contributed by atoms with Crippen molar-refractivity contribution in [3.8, 4) is 0 Å². The van der Waals surface area contributed by atoms with Gasteiger partial charge in [-0.05, 0) is 50.4 Å². The number of piperazine rings is 1. The van der Waals surface area contributed by atoms with E-state index in [1.807, 2.05) is 11.8 Å². The molecule has 0 saturated carbocycles. The van der Waals surface area contributed by atoms with Gasteiger partial charge in [-0.1, -0.05) is 45.9 Å². The van der Waals surface area contributed by atoms with Crippen molar-refractivity contribution in [1.82, 2.24) is 15.1 Å². The fourth-order valence-electron chi connectivity index (χ4n) is 3.70. The molecule has 1 aliphatic rings. The molecule has 1 saturated heterocycles. The number of thioether (sulfide) groups is 1. The van der Waals surface area contributed by atoms with Gasteiger partial charge in [0.1, 0.15) is 0 Å². The van der Waals surface area contributed by atoms with E-state index in [-0.39, 0.29) is 0 Å². The second kappa shape index (κ2) is 12.8. The Balaban J connectivity index is 1.67. The van der Waals surface area contributed by atoms with E-state index >= 15 is 0 Å². The SMILES string of the molecule is CC(C)CCCN1CCN(CCC(CSc2ccccc2)NC(C)C)CC1. The molecule has 1 aliphatic heterocycles. The molecule has 0 radical (unpaired) electrons. The largest absolute Gasteiger partial charge is 0.311 e. The first-order valence-electron chi connectivity index (χ1n) is 10.9. The Morgan fingerprint density at radius 2 is 1.52 bits per heavy atom. The highest BCUT2D eigenvalue weighted by Crippen LogP contribution is 2.19. The van der Waals surface area contributed by atoms with Crippen molar-refractivity contribution in [2.45, 2.75) is 63.9 Å². The van der Waals surface area contributed by atoms with Gasteiger partial charge in [-0.25, -0.2) is 0 Å². The number of nitrogens with zero attached hydrogens (tertiary/aromatic N) is 2. The molecule has 0 aliphatic carbocycles. The Kier molecular flexibility index (Phi) is 10.8. The van der Waals surface area contributed by atoms with E-state index in [1.165, 1.54) is 63.4 Å². The van der Waals surface area contributed by atoms with Crippen LogP contribution in [-0.2, 0) is 0 Å². The van der Waals surface area contributed by atoms with Gasteiger partial charge >= 0.3 is 0 Å². The van der Waals surface area contributed by atoms with Crippen LogP contribution in [0.2, 0.25) is 0 Å². The van der Waals surface area contributed by atoms with Crippen LogP contribution in [0.3, 0.4) is 0 Å². The third-order valence-corrected chi connectivity index (χ3v) is 6.45.